The molecule has 0 N–H and O–H groups in total. The molecule has 0 fully saturated rings. The number of allylic oxidation sites excluding steroid dienone is 1. The van der Waals surface area contributed by atoms with Crippen LogP contribution in [-0.2, 0) is 0 Å². The molecule has 0 saturated carbocycles. The number of benzene rings is 2. The van der Waals surface area contributed by atoms with Gasteiger partial charge in [-0.2, -0.15) is 0 Å². The molecule has 0 radical (unpaired) electrons. The van der Waals surface area contributed by atoms with Crippen molar-refractivity contribution in [2.75, 3.05) is 0 Å². The van der Waals surface area contributed by atoms with E-state index in [1.165, 1.54) is 16.7 Å². The molecule has 0 saturated heterocycles. The lowest BCUT2D eigenvalue weighted by Crippen LogP contribution is -1.89. The van der Waals surface area contributed by atoms with Gasteiger partial charge in [-0.1, -0.05) is 56.3 Å². The number of carbonyl (C=O) groups excluding carboxylic acids is 1. The highest BCUT2D eigenvalue weighted by atomic mass is 35.5. The van der Waals surface area contributed by atoms with Crippen LogP contribution >= 0.6 is 11.6 Å². The van der Waals surface area contributed by atoms with E-state index >= 15 is 0 Å². The van der Waals surface area contributed by atoms with Crippen LogP contribution in [0.4, 0.5) is 0 Å². The third-order valence-electron chi connectivity index (χ3n) is 3.55. The summed E-state index contributed by atoms with van der Waals surface area (Å²) in [5.74, 6) is 0.545. The van der Waals surface area contributed by atoms with Gasteiger partial charge in [0.25, 0.3) is 5.24 Å². The Morgan fingerprint density at radius 2 is 1.48 bits per heavy atom. The molecule has 0 aliphatic rings. The maximum atomic E-state index is 11.0. The minimum absolute atomic E-state index is 0.425. The topological polar surface area (TPSA) is 17.1 Å². The van der Waals surface area contributed by atoms with Crippen molar-refractivity contribution >= 4 is 28.5 Å². The van der Waals surface area contributed by atoms with E-state index in [1.54, 1.807) is 12.1 Å². The minimum Gasteiger partial charge on any atom is -0.276 e. The molecule has 0 atom stereocenters. The lowest BCUT2D eigenvalue weighted by atomic mass is 9.98. The summed E-state index contributed by atoms with van der Waals surface area (Å²) in [7, 11) is 0. The first-order chi connectivity index (χ1) is 9.97. The molecule has 2 aromatic rings. The number of hydrogen-bond acceptors (Lipinski definition) is 1. The van der Waals surface area contributed by atoms with Gasteiger partial charge in [-0.3, -0.25) is 4.79 Å². The van der Waals surface area contributed by atoms with Crippen molar-refractivity contribution in [3.8, 4) is 0 Å². The van der Waals surface area contributed by atoms with E-state index in [0.717, 1.165) is 5.56 Å². The molecule has 0 amide bonds. The summed E-state index contributed by atoms with van der Waals surface area (Å²) in [6.07, 6.45) is 2.10. The number of carbonyl (C=O) groups is 1. The molecular weight excluding hydrogens is 280 g/mol. The van der Waals surface area contributed by atoms with Crippen molar-refractivity contribution in [3.05, 3.63) is 70.8 Å². The summed E-state index contributed by atoms with van der Waals surface area (Å²) < 4.78 is 0. The van der Waals surface area contributed by atoms with Gasteiger partial charge in [0.2, 0.25) is 0 Å². The Morgan fingerprint density at radius 3 is 1.95 bits per heavy atom. The monoisotopic (exact) mass is 298 g/mol. The Hall–Kier alpha value is -1.86. The molecule has 1 nitrogen and oxygen atoms in total. The summed E-state index contributed by atoms with van der Waals surface area (Å²) in [5, 5.41) is -0.425. The summed E-state index contributed by atoms with van der Waals surface area (Å²) >= 11 is 5.44. The Balaban J connectivity index is 2.21. The zero-order valence-corrected chi connectivity index (χ0v) is 13.3. The highest BCUT2D eigenvalue weighted by molar-refractivity contribution is 6.67. The van der Waals surface area contributed by atoms with Crippen LogP contribution in [0.2, 0.25) is 0 Å². The molecule has 108 valence electrons. The molecule has 0 aliphatic carbocycles. The highest BCUT2D eigenvalue weighted by Gasteiger charge is 2.02. The number of hydrogen-bond donors (Lipinski definition) is 0. The van der Waals surface area contributed by atoms with Crippen molar-refractivity contribution in [1.82, 2.24) is 0 Å². The molecule has 0 aromatic heterocycles. The summed E-state index contributed by atoms with van der Waals surface area (Å²) in [5.41, 5.74) is 5.32. The van der Waals surface area contributed by atoms with Crippen LogP contribution in [0.15, 0.2) is 48.5 Å². The van der Waals surface area contributed by atoms with E-state index in [0.29, 0.717) is 11.5 Å². The van der Waals surface area contributed by atoms with E-state index in [-0.39, 0.29) is 0 Å². The SMILES string of the molecule is C/C(=C\c1ccc(C(=O)Cl)cc1)c1ccc(C(C)C)cc1. The Bertz CT molecular complexity index is 649. The lowest BCUT2D eigenvalue weighted by Gasteiger charge is -2.07. The third kappa shape index (κ3) is 4.05. The van der Waals surface area contributed by atoms with Gasteiger partial charge in [0.15, 0.2) is 0 Å². The van der Waals surface area contributed by atoms with Crippen molar-refractivity contribution < 1.29 is 4.79 Å². The van der Waals surface area contributed by atoms with Gasteiger partial charge in [0.1, 0.15) is 0 Å². The first-order valence-corrected chi connectivity index (χ1v) is 7.43. The van der Waals surface area contributed by atoms with Gasteiger partial charge in [0.05, 0.1) is 0 Å². The van der Waals surface area contributed by atoms with E-state index in [4.69, 9.17) is 11.6 Å². The van der Waals surface area contributed by atoms with Crippen LogP contribution < -0.4 is 0 Å². The number of rotatable bonds is 4. The fourth-order valence-electron chi connectivity index (χ4n) is 2.17. The highest BCUT2D eigenvalue weighted by Crippen LogP contribution is 2.21. The molecule has 0 bridgehead atoms. The molecule has 21 heavy (non-hydrogen) atoms. The standard InChI is InChI=1S/C19H19ClO/c1-13(2)16-8-10-17(11-9-16)14(3)12-15-4-6-18(7-5-15)19(20)21/h4-13H,1-3H3/b14-12+. The molecule has 0 aliphatic heterocycles. The Labute approximate surface area is 131 Å². The second-order valence-electron chi connectivity index (χ2n) is 5.50. The predicted octanol–water partition coefficient (Wildman–Crippen LogP) is 5.75. The van der Waals surface area contributed by atoms with Crippen molar-refractivity contribution in [2.24, 2.45) is 0 Å². The van der Waals surface area contributed by atoms with Gasteiger partial charge < -0.3 is 0 Å². The van der Waals surface area contributed by atoms with Crippen LogP contribution in [0.5, 0.6) is 0 Å². The van der Waals surface area contributed by atoms with E-state index < -0.39 is 5.24 Å². The minimum atomic E-state index is -0.425. The average molecular weight is 299 g/mol. The normalized spacial score (nSPS) is 11.8. The smallest absolute Gasteiger partial charge is 0.252 e. The van der Waals surface area contributed by atoms with E-state index in [2.05, 4.69) is 51.1 Å². The molecule has 0 unspecified atom stereocenters. The van der Waals surface area contributed by atoms with Gasteiger partial charge in [-0.25, -0.2) is 0 Å². The second-order valence-corrected chi connectivity index (χ2v) is 5.84. The first-order valence-electron chi connectivity index (χ1n) is 7.06. The van der Waals surface area contributed by atoms with Crippen LogP contribution in [0.25, 0.3) is 11.6 Å². The van der Waals surface area contributed by atoms with E-state index in [9.17, 15) is 4.79 Å². The molecule has 0 heterocycles. The van der Waals surface area contributed by atoms with Gasteiger partial charge in [-0.05, 0) is 58.8 Å². The average Bonchev–Trinajstić information content (AvgIpc) is 2.47. The van der Waals surface area contributed by atoms with Crippen LogP contribution in [0, 0.1) is 0 Å². The molecular formula is C19H19ClO. The fraction of sp³-hybridized carbons (Fsp3) is 0.211. The van der Waals surface area contributed by atoms with Crippen molar-refractivity contribution in [1.29, 1.82) is 0 Å². The summed E-state index contributed by atoms with van der Waals surface area (Å²) in [6, 6.07) is 15.9. The lowest BCUT2D eigenvalue weighted by molar-refractivity contribution is 0.108. The Morgan fingerprint density at radius 1 is 0.952 bits per heavy atom. The van der Waals surface area contributed by atoms with Gasteiger partial charge >= 0.3 is 0 Å². The predicted molar refractivity (Wildman–Crippen MR) is 90.7 cm³/mol. The fourth-order valence-corrected chi connectivity index (χ4v) is 2.30. The van der Waals surface area contributed by atoms with E-state index in [1.807, 2.05) is 12.1 Å². The van der Waals surface area contributed by atoms with Gasteiger partial charge in [0, 0.05) is 5.56 Å². The quantitative estimate of drug-likeness (QED) is 0.519. The maximum absolute atomic E-state index is 11.0. The molecule has 0 spiro atoms. The zero-order chi connectivity index (χ0) is 15.4. The van der Waals surface area contributed by atoms with Gasteiger partial charge in [-0.15, -0.1) is 0 Å². The first kappa shape index (κ1) is 15.5. The van der Waals surface area contributed by atoms with Crippen LogP contribution in [0.1, 0.15) is 53.7 Å². The molecule has 2 heteroatoms. The Kier molecular flexibility index (Phi) is 4.98. The zero-order valence-electron chi connectivity index (χ0n) is 12.6. The van der Waals surface area contributed by atoms with Crippen LogP contribution in [-0.4, -0.2) is 5.24 Å². The third-order valence-corrected chi connectivity index (χ3v) is 3.77. The summed E-state index contributed by atoms with van der Waals surface area (Å²) in [4.78, 5) is 11.0. The largest absolute Gasteiger partial charge is 0.276 e. The molecule has 2 rings (SSSR count). The van der Waals surface area contributed by atoms with Crippen LogP contribution in [0.3, 0.4) is 0 Å². The molecule has 2 aromatic carbocycles. The van der Waals surface area contributed by atoms with Crippen molar-refractivity contribution in [3.63, 3.8) is 0 Å². The van der Waals surface area contributed by atoms with Crippen molar-refractivity contribution in [2.45, 2.75) is 26.7 Å². The summed E-state index contributed by atoms with van der Waals surface area (Å²) in [6.45, 7) is 6.47. The second kappa shape index (κ2) is 6.73. The maximum Gasteiger partial charge on any atom is 0.252 e. The number of halogens is 1.